The van der Waals surface area contributed by atoms with E-state index in [0.29, 0.717) is 0 Å². The van der Waals surface area contributed by atoms with Crippen molar-refractivity contribution in [3.05, 3.63) is 0 Å². The van der Waals surface area contributed by atoms with Gasteiger partial charge in [-0.3, -0.25) is 9.59 Å². The summed E-state index contributed by atoms with van der Waals surface area (Å²) in [7, 11) is 1.49. The molecule has 1 atom stereocenters. The van der Waals surface area contributed by atoms with Gasteiger partial charge in [0, 0.05) is 14.0 Å². The zero-order chi connectivity index (χ0) is 10.1. The third kappa shape index (κ3) is 7.40. The summed E-state index contributed by atoms with van der Waals surface area (Å²) in [4.78, 5) is 20.9. The Morgan fingerprint density at radius 3 is 2.08 bits per heavy atom. The van der Waals surface area contributed by atoms with Gasteiger partial charge in [0.1, 0.15) is 0 Å². The molecule has 0 saturated carbocycles. The first kappa shape index (κ1) is 13.9. The first-order chi connectivity index (χ1) is 5.57. The summed E-state index contributed by atoms with van der Waals surface area (Å²) in [5.74, 6) is -0.744. The Labute approximate surface area is 78.1 Å². The van der Waals surface area contributed by atoms with Gasteiger partial charge in [0.2, 0.25) is 0 Å². The minimum atomic E-state index is -0.692. The molecule has 0 heterocycles. The molecule has 0 aliphatic carbocycles. The van der Waals surface area contributed by atoms with Gasteiger partial charge in [0.15, 0.2) is 6.10 Å². The molecule has 0 rings (SSSR count). The van der Waals surface area contributed by atoms with Gasteiger partial charge in [-0.2, -0.15) is 12.6 Å². The zero-order valence-corrected chi connectivity index (χ0v) is 8.64. The molecule has 0 aromatic rings. The molecular formula is C7H15NO3S. The molecule has 0 radical (unpaired) electrons. The van der Waals surface area contributed by atoms with Crippen molar-refractivity contribution in [3.63, 3.8) is 0 Å². The molecule has 1 amide bonds. The summed E-state index contributed by atoms with van der Waals surface area (Å²) in [6.07, 6.45) is 1.00. The number of hydrogen-bond acceptors (Lipinski definition) is 4. The van der Waals surface area contributed by atoms with Gasteiger partial charge < -0.3 is 10.1 Å². The van der Waals surface area contributed by atoms with Gasteiger partial charge in [-0.05, 0) is 13.2 Å². The van der Waals surface area contributed by atoms with Crippen LogP contribution in [0.25, 0.3) is 0 Å². The quantitative estimate of drug-likeness (QED) is 0.487. The van der Waals surface area contributed by atoms with E-state index in [1.165, 1.54) is 20.9 Å². The Kier molecular flexibility index (Phi) is 9.68. The van der Waals surface area contributed by atoms with Crippen LogP contribution in [-0.2, 0) is 14.3 Å². The highest BCUT2D eigenvalue weighted by molar-refractivity contribution is 7.79. The average molecular weight is 193 g/mol. The van der Waals surface area contributed by atoms with E-state index in [0.717, 1.165) is 0 Å². The van der Waals surface area contributed by atoms with E-state index < -0.39 is 12.1 Å². The van der Waals surface area contributed by atoms with Gasteiger partial charge in [-0.25, -0.2) is 0 Å². The van der Waals surface area contributed by atoms with Gasteiger partial charge in [-0.1, -0.05) is 0 Å². The number of likely N-dealkylation sites (N-methyl/N-ethyl adjacent to an activating group) is 1. The lowest BCUT2D eigenvalue weighted by Gasteiger charge is -2.08. The number of carbonyl (C=O) groups excluding carboxylic acids is 2. The number of carbonyl (C=O) groups is 2. The molecule has 1 unspecified atom stereocenters. The van der Waals surface area contributed by atoms with Crippen molar-refractivity contribution in [2.45, 2.75) is 20.0 Å². The number of nitrogens with one attached hydrogen (secondary N) is 1. The average Bonchev–Trinajstić information content (AvgIpc) is 2.05. The number of ether oxygens (including phenoxy) is 1. The van der Waals surface area contributed by atoms with Gasteiger partial charge in [0.05, 0.1) is 0 Å². The van der Waals surface area contributed by atoms with Crippen molar-refractivity contribution in [2.75, 3.05) is 13.3 Å². The number of hydrogen-bond donors (Lipinski definition) is 2. The maximum atomic E-state index is 10.7. The highest BCUT2D eigenvalue weighted by atomic mass is 32.1. The predicted molar refractivity (Wildman–Crippen MR) is 50.2 cm³/mol. The molecule has 0 aliphatic rings. The highest BCUT2D eigenvalue weighted by Crippen LogP contribution is 1.89. The molecule has 0 aliphatic heterocycles. The van der Waals surface area contributed by atoms with E-state index in [2.05, 4.69) is 22.7 Å². The van der Waals surface area contributed by atoms with Crippen LogP contribution in [-0.4, -0.2) is 31.3 Å². The lowest BCUT2D eigenvalue weighted by Crippen LogP contribution is -2.32. The van der Waals surface area contributed by atoms with E-state index in [1.54, 1.807) is 6.26 Å². The Balaban J connectivity index is 0. The lowest BCUT2D eigenvalue weighted by atomic mass is 10.4. The fraction of sp³-hybridized carbons (Fsp3) is 0.714. The molecule has 0 fully saturated rings. The standard InChI is InChI=1S/C6H11NO3.CH4S/c1-4(6(9)7-3)10-5(2)8;1-2/h4H,1-3H3,(H,7,9);2H,1H3. The largest absolute Gasteiger partial charge is 0.453 e. The first-order valence-electron chi connectivity index (χ1n) is 3.41. The molecule has 0 bridgehead atoms. The molecule has 12 heavy (non-hydrogen) atoms. The summed E-state index contributed by atoms with van der Waals surface area (Å²) in [6.45, 7) is 2.78. The summed E-state index contributed by atoms with van der Waals surface area (Å²) >= 11 is 3.53. The van der Waals surface area contributed by atoms with Crippen LogP contribution >= 0.6 is 12.6 Å². The monoisotopic (exact) mass is 193 g/mol. The fourth-order valence-corrected chi connectivity index (χ4v) is 0.506. The number of rotatable bonds is 2. The van der Waals surface area contributed by atoms with Crippen molar-refractivity contribution in [1.29, 1.82) is 0 Å². The first-order valence-corrected chi connectivity index (χ1v) is 4.31. The topological polar surface area (TPSA) is 55.4 Å². The fourth-order valence-electron chi connectivity index (χ4n) is 0.506. The van der Waals surface area contributed by atoms with Crippen molar-refractivity contribution < 1.29 is 14.3 Å². The van der Waals surface area contributed by atoms with Crippen LogP contribution in [0.15, 0.2) is 0 Å². The summed E-state index contributed by atoms with van der Waals surface area (Å²) in [5, 5.41) is 2.35. The van der Waals surface area contributed by atoms with Crippen LogP contribution in [0.3, 0.4) is 0 Å². The molecule has 0 aromatic carbocycles. The Bertz CT molecular complexity index is 150. The zero-order valence-electron chi connectivity index (χ0n) is 7.75. The minimum Gasteiger partial charge on any atom is -0.453 e. The molecular weight excluding hydrogens is 178 g/mol. The molecule has 5 heteroatoms. The molecule has 0 saturated heterocycles. The normalized spacial score (nSPS) is 10.4. The third-order valence-electron chi connectivity index (χ3n) is 0.958. The second-order valence-electron chi connectivity index (χ2n) is 1.87. The Morgan fingerprint density at radius 1 is 1.42 bits per heavy atom. The van der Waals surface area contributed by atoms with Crippen LogP contribution in [0.1, 0.15) is 13.8 Å². The van der Waals surface area contributed by atoms with E-state index in [-0.39, 0.29) is 5.91 Å². The summed E-state index contributed by atoms with van der Waals surface area (Å²) < 4.78 is 4.55. The van der Waals surface area contributed by atoms with Crippen molar-refractivity contribution in [2.24, 2.45) is 0 Å². The van der Waals surface area contributed by atoms with Crippen molar-refractivity contribution in [3.8, 4) is 0 Å². The molecule has 4 nitrogen and oxygen atoms in total. The SMILES string of the molecule is CNC(=O)C(C)OC(C)=O.CS. The van der Waals surface area contributed by atoms with E-state index in [4.69, 9.17) is 0 Å². The van der Waals surface area contributed by atoms with Crippen molar-refractivity contribution in [1.82, 2.24) is 5.32 Å². The summed E-state index contributed by atoms with van der Waals surface area (Å²) in [6, 6.07) is 0. The highest BCUT2D eigenvalue weighted by Gasteiger charge is 2.12. The smallest absolute Gasteiger partial charge is 0.303 e. The Hall–Kier alpha value is -0.710. The lowest BCUT2D eigenvalue weighted by molar-refractivity contribution is -0.152. The van der Waals surface area contributed by atoms with Crippen LogP contribution in [0.5, 0.6) is 0 Å². The predicted octanol–water partition coefficient (Wildman–Crippen LogP) is 0.230. The minimum absolute atomic E-state index is 0.296. The van der Waals surface area contributed by atoms with E-state index in [9.17, 15) is 9.59 Å². The second kappa shape index (κ2) is 8.39. The Morgan fingerprint density at radius 2 is 1.83 bits per heavy atom. The molecule has 1 N–H and O–H groups in total. The van der Waals surface area contributed by atoms with Gasteiger partial charge >= 0.3 is 5.97 Å². The molecule has 0 aromatic heterocycles. The van der Waals surface area contributed by atoms with E-state index in [1.807, 2.05) is 0 Å². The van der Waals surface area contributed by atoms with Gasteiger partial charge in [0.25, 0.3) is 5.91 Å². The number of amides is 1. The number of esters is 1. The van der Waals surface area contributed by atoms with Crippen LogP contribution in [0.2, 0.25) is 0 Å². The maximum Gasteiger partial charge on any atom is 0.303 e. The second-order valence-corrected chi connectivity index (χ2v) is 1.87. The molecule has 72 valence electrons. The van der Waals surface area contributed by atoms with Crippen LogP contribution < -0.4 is 5.32 Å². The van der Waals surface area contributed by atoms with Crippen LogP contribution in [0.4, 0.5) is 0 Å². The number of thiol groups is 1. The van der Waals surface area contributed by atoms with Crippen molar-refractivity contribution >= 4 is 24.5 Å². The van der Waals surface area contributed by atoms with E-state index >= 15 is 0 Å². The maximum absolute atomic E-state index is 10.7. The molecule has 0 spiro atoms. The third-order valence-corrected chi connectivity index (χ3v) is 0.958. The van der Waals surface area contributed by atoms with Crippen LogP contribution in [0, 0.1) is 0 Å². The van der Waals surface area contributed by atoms with Gasteiger partial charge in [-0.15, -0.1) is 0 Å². The summed E-state index contributed by atoms with van der Waals surface area (Å²) in [5.41, 5.74) is 0.